The standard InChI is InChI=1S/C6H4BrF2NO2/c7-2-1-3(5(8)9)10-6(12)4(2)11/h1,5,11H,(H,10,12). The van der Waals surface area contributed by atoms with E-state index in [9.17, 15) is 13.6 Å². The van der Waals surface area contributed by atoms with Gasteiger partial charge >= 0.3 is 0 Å². The van der Waals surface area contributed by atoms with Crippen molar-refractivity contribution < 1.29 is 13.9 Å². The highest BCUT2D eigenvalue weighted by molar-refractivity contribution is 9.10. The van der Waals surface area contributed by atoms with Gasteiger partial charge in [0.2, 0.25) is 0 Å². The van der Waals surface area contributed by atoms with Crippen LogP contribution in [0.3, 0.4) is 0 Å². The molecular formula is C6H4BrF2NO2. The number of alkyl halides is 2. The molecule has 2 N–H and O–H groups in total. The molecule has 0 amide bonds. The Balaban J connectivity index is 3.31. The molecule has 1 aromatic heterocycles. The first-order valence-electron chi connectivity index (χ1n) is 2.92. The van der Waals surface area contributed by atoms with Crippen LogP contribution in [0.15, 0.2) is 15.3 Å². The lowest BCUT2D eigenvalue weighted by Gasteiger charge is -2.00. The number of rotatable bonds is 1. The Bertz CT molecular complexity index is 350. The molecule has 3 nitrogen and oxygen atoms in total. The zero-order valence-corrected chi connectivity index (χ0v) is 7.23. The van der Waals surface area contributed by atoms with E-state index in [1.54, 1.807) is 0 Å². The largest absolute Gasteiger partial charge is 0.502 e. The number of aromatic amines is 1. The highest BCUT2D eigenvalue weighted by Crippen LogP contribution is 2.23. The Morgan fingerprint density at radius 3 is 2.58 bits per heavy atom. The molecule has 1 rings (SSSR count). The molecule has 0 aliphatic heterocycles. The quantitative estimate of drug-likeness (QED) is 0.785. The maximum absolute atomic E-state index is 12.0. The molecule has 0 saturated heterocycles. The summed E-state index contributed by atoms with van der Waals surface area (Å²) in [5.74, 6) is -0.598. The first-order chi connectivity index (χ1) is 5.52. The summed E-state index contributed by atoms with van der Waals surface area (Å²) in [7, 11) is 0. The van der Waals surface area contributed by atoms with Crippen LogP contribution in [-0.2, 0) is 0 Å². The van der Waals surface area contributed by atoms with Crippen molar-refractivity contribution in [1.82, 2.24) is 4.98 Å². The van der Waals surface area contributed by atoms with Gasteiger partial charge in [-0.2, -0.15) is 0 Å². The van der Waals surface area contributed by atoms with Crippen LogP contribution in [0.2, 0.25) is 0 Å². The molecule has 0 unspecified atom stereocenters. The van der Waals surface area contributed by atoms with Gasteiger partial charge in [-0.3, -0.25) is 4.79 Å². The molecule has 0 atom stereocenters. The minimum Gasteiger partial charge on any atom is -0.502 e. The van der Waals surface area contributed by atoms with E-state index in [1.807, 2.05) is 4.98 Å². The van der Waals surface area contributed by atoms with E-state index in [0.717, 1.165) is 6.07 Å². The van der Waals surface area contributed by atoms with Gasteiger partial charge in [0.05, 0.1) is 10.2 Å². The van der Waals surface area contributed by atoms with Gasteiger partial charge < -0.3 is 10.1 Å². The predicted octanol–water partition coefficient (Wildman–Crippen LogP) is 1.78. The Labute approximate surface area is 74.2 Å². The third-order valence-corrected chi connectivity index (χ3v) is 1.82. The van der Waals surface area contributed by atoms with E-state index in [4.69, 9.17) is 5.11 Å². The number of hydrogen-bond acceptors (Lipinski definition) is 2. The summed E-state index contributed by atoms with van der Waals surface area (Å²) in [5.41, 5.74) is -1.45. The Morgan fingerprint density at radius 1 is 1.58 bits per heavy atom. The normalized spacial score (nSPS) is 10.7. The highest BCUT2D eigenvalue weighted by atomic mass is 79.9. The lowest BCUT2D eigenvalue weighted by atomic mass is 10.3. The lowest BCUT2D eigenvalue weighted by Crippen LogP contribution is -2.08. The van der Waals surface area contributed by atoms with Gasteiger partial charge in [-0.05, 0) is 22.0 Å². The molecule has 0 aliphatic rings. The summed E-state index contributed by atoms with van der Waals surface area (Å²) < 4.78 is 23.9. The molecule has 0 aliphatic carbocycles. The smallest absolute Gasteiger partial charge is 0.291 e. The fraction of sp³-hybridized carbons (Fsp3) is 0.167. The van der Waals surface area contributed by atoms with Gasteiger partial charge in [-0.25, -0.2) is 8.78 Å². The van der Waals surface area contributed by atoms with E-state index in [-0.39, 0.29) is 4.47 Å². The number of halogens is 3. The average Bonchev–Trinajstić information content (AvgIpc) is 1.99. The maximum atomic E-state index is 12.0. The number of aromatic hydroxyl groups is 1. The fourth-order valence-electron chi connectivity index (χ4n) is 0.657. The fourth-order valence-corrected chi connectivity index (χ4v) is 1.08. The molecule has 1 aromatic rings. The van der Waals surface area contributed by atoms with Crippen LogP contribution >= 0.6 is 15.9 Å². The average molecular weight is 240 g/mol. The predicted molar refractivity (Wildman–Crippen MR) is 41.4 cm³/mol. The van der Waals surface area contributed by atoms with Gasteiger partial charge in [0.15, 0.2) is 5.75 Å². The number of hydrogen-bond donors (Lipinski definition) is 2. The second-order valence-electron chi connectivity index (χ2n) is 2.05. The molecule has 66 valence electrons. The topological polar surface area (TPSA) is 53.1 Å². The summed E-state index contributed by atoms with van der Waals surface area (Å²) in [4.78, 5) is 12.5. The van der Waals surface area contributed by atoms with E-state index in [2.05, 4.69) is 15.9 Å². The van der Waals surface area contributed by atoms with Crippen LogP contribution in [0.4, 0.5) is 8.78 Å². The Morgan fingerprint density at radius 2 is 2.17 bits per heavy atom. The molecule has 0 radical (unpaired) electrons. The van der Waals surface area contributed by atoms with Gasteiger partial charge in [-0.15, -0.1) is 0 Å². The monoisotopic (exact) mass is 239 g/mol. The van der Waals surface area contributed by atoms with Gasteiger partial charge in [0, 0.05) is 0 Å². The van der Waals surface area contributed by atoms with E-state index in [1.165, 1.54) is 0 Å². The van der Waals surface area contributed by atoms with Crippen molar-refractivity contribution in [3.05, 3.63) is 26.6 Å². The molecule has 6 heteroatoms. The Hall–Kier alpha value is -0.910. The first kappa shape index (κ1) is 9.18. The first-order valence-corrected chi connectivity index (χ1v) is 3.71. The van der Waals surface area contributed by atoms with Gasteiger partial charge in [0.1, 0.15) is 0 Å². The molecule has 1 heterocycles. The third kappa shape index (κ3) is 1.63. The van der Waals surface area contributed by atoms with Crippen molar-refractivity contribution in [2.75, 3.05) is 0 Å². The molecule has 0 saturated carbocycles. The van der Waals surface area contributed by atoms with Crippen molar-refractivity contribution in [3.63, 3.8) is 0 Å². The van der Waals surface area contributed by atoms with Crippen molar-refractivity contribution in [3.8, 4) is 5.75 Å². The highest BCUT2D eigenvalue weighted by Gasteiger charge is 2.12. The maximum Gasteiger partial charge on any atom is 0.291 e. The number of nitrogens with one attached hydrogen (secondary N) is 1. The van der Waals surface area contributed by atoms with E-state index in [0.29, 0.717) is 0 Å². The zero-order chi connectivity index (χ0) is 9.30. The van der Waals surface area contributed by atoms with Crippen molar-refractivity contribution in [2.24, 2.45) is 0 Å². The minimum absolute atomic E-state index is 0.0402. The summed E-state index contributed by atoms with van der Waals surface area (Å²) >= 11 is 2.76. The van der Waals surface area contributed by atoms with Crippen molar-refractivity contribution in [2.45, 2.75) is 6.43 Å². The summed E-state index contributed by atoms with van der Waals surface area (Å²) in [6.45, 7) is 0. The molecule has 0 bridgehead atoms. The molecule has 0 aromatic carbocycles. The Kier molecular flexibility index (Phi) is 2.46. The number of pyridine rings is 1. The summed E-state index contributed by atoms with van der Waals surface area (Å²) in [6.07, 6.45) is -2.76. The second kappa shape index (κ2) is 3.22. The zero-order valence-electron chi connectivity index (χ0n) is 5.64. The van der Waals surface area contributed by atoms with E-state index < -0.39 is 23.4 Å². The molecule has 12 heavy (non-hydrogen) atoms. The number of aromatic nitrogens is 1. The molecule has 0 spiro atoms. The SMILES string of the molecule is O=c1[nH]c(C(F)F)cc(Br)c1O. The molecule has 0 fully saturated rings. The van der Waals surface area contributed by atoms with E-state index >= 15 is 0 Å². The number of H-pyrrole nitrogens is 1. The van der Waals surface area contributed by atoms with Crippen LogP contribution in [-0.4, -0.2) is 10.1 Å². The second-order valence-corrected chi connectivity index (χ2v) is 2.91. The molecular weight excluding hydrogens is 236 g/mol. The van der Waals surface area contributed by atoms with Gasteiger partial charge in [-0.1, -0.05) is 0 Å². The van der Waals surface area contributed by atoms with Crippen molar-refractivity contribution >= 4 is 15.9 Å². The van der Waals surface area contributed by atoms with Crippen molar-refractivity contribution in [1.29, 1.82) is 0 Å². The van der Waals surface area contributed by atoms with Crippen LogP contribution in [0.1, 0.15) is 12.1 Å². The van der Waals surface area contributed by atoms with Crippen LogP contribution in [0.5, 0.6) is 5.75 Å². The van der Waals surface area contributed by atoms with Crippen LogP contribution in [0, 0.1) is 0 Å². The summed E-state index contributed by atoms with van der Waals surface area (Å²) in [5, 5.41) is 8.88. The lowest BCUT2D eigenvalue weighted by molar-refractivity contribution is 0.145. The minimum atomic E-state index is -2.76. The van der Waals surface area contributed by atoms with Gasteiger partial charge in [0.25, 0.3) is 12.0 Å². The van der Waals surface area contributed by atoms with Crippen LogP contribution in [0.25, 0.3) is 0 Å². The third-order valence-electron chi connectivity index (χ3n) is 1.22. The van der Waals surface area contributed by atoms with Crippen LogP contribution < -0.4 is 5.56 Å². The summed E-state index contributed by atoms with van der Waals surface area (Å²) in [6, 6.07) is 0.960.